The third kappa shape index (κ3) is 4.70. The molecular formula is C13H17ClO5. The summed E-state index contributed by atoms with van der Waals surface area (Å²) in [5, 5.41) is 9.86. The van der Waals surface area contributed by atoms with Gasteiger partial charge in [-0.1, -0.05) is 11.6 Å². The van der Waals surface area contributed by atoms with Crippen molar-refractivity contribution < 1.29 is 24.1 Å². The fourth-order valence-electron chi connectivity index (χ4n) is 1.43. The number of hydrogen-bond acceptors (Lipinski definition) is 5. The predicted molar refractivity (Wildman–Crippen MR) is 71.4 cm³/mol. The van der Waals surface area contributed by atoms with Crippen molar-refractivity contribution in [3.63, 3.8) is 0 Å². The van der Waals surface area contributed by atoms with Crippen LogP contribution in [-0.4, -0.2) is 44.4 Å². The predicted octanol–water partition coefficient (Wildman–Crippen LogP) is 1.94. The molecule has 0 fully saturated rings. The van der Waals surface area contributed by atoms with Gasteiger partial charge in [-0.3, -0.25) is 4.79 Å². The zero-order valence-electron chi connectivity index (χ0n) is 10.9. The van der Waals surface area contributed by atoms with Gasteiger partial charge in [-0.25, -0.2) is 0 Å². The number of aldehydes is 1. The van der Waals surface area contributed by atoms with Crippen LogP contribution in [0.15, 0.2) is 12.1 Å². The smallest absolute Gasteiger partial charge is 0.179 e. The fourth-order valence-corrected chi connectivity index (χ4v) is 1.70. The minimum atomic E-state index is -0.758. The Kier molecular flexibility index (Phi) is 6.62. The molecule has 0 aromatic heterocycles. The van der Waals surface area contributed by atoms with Gasteiger partial charge in [0.05, 0.1) is 18.7 Å². The minimum absolute atomic E-state index is 0.0243. The monoisotopic (exact) mass is 288 g/mol. The average Bonchev–Trinajstić information content (AvgIpc) is 2.42. The summed E-state index contributed by atoms with van der Waals surface area (Å²) in [5.41, 5.74) is 0.393. The Hall–Kier alpha value is -1.30. The van der Waals surface area contributed by atoms with Gasteiger partial charge in [0.15, 0.2) is 11.5 Å². The lowest BCUT2D eigenvalue weighted by molar-refractivity contribution is 0.0160. The molecule has 0 saturated heterocycles. The van der Waals surface area contributed by atoms with E-state index >= 15 is 0 Å². The highest BCUT2D eigenvalue weighted by Gasteiger charge is 2.14. The molecule has 0 bridgehead atoms. The first-order valence-corrected chi connectivity index (χ1v) is 6.21. The SMILES string of the molecule is CCOCC(O)COc1c(Cl)cc(C=O)cc1OC. The molecule has 106 valence electrons. The molecule has 1 aromatic carbocycles. The highest BCUT2D eigenvalue weighted by molar-refractivity contribution is 6.32. The van der Waals surface area contributed by atoms with Crippen molar-refractivity contribution in [2.75, 3.05) is 26.9 Å². The van der Waals surface area contributed by atoms with Crippen LogP contribution in [0.25, 0.3) is 0 Å². The second-order valence-electron chi connectivity index (χ2n) is 3.78. The van der Waals surface area contributed by atoms with E-state index in [1.54, 1.807) is 0 Å². The lowest BCUT2D eigenvalue weighted by atomic mass is 10.2. The number of methoxy groups -OCH3 is 1. The molecule has 1 aromatic rings. The zero-order valence-corrected chi connectivity index (χ0v) is 11.6. The Labute approximate surface area is 117 Å². The molecule has 0 saturated carbocycles. The van der Waals surface area contributed by atoms with Crippen LogP contribution in [0.5, 0.6) is 11.5 Å². The first-order valence-electron chi connectivity index (χ1n) is 5.83. The summed E-state index contributed by atoms with van der Waals surface area (Å²) in [5.74, 6) is 0.642. The van der Waals surface area contributed by atoms with Crippen LogP contribution in [0.1, 0.15) is 17.3 Å². The van der Waals surface area contributed by atoms with Crippen LogP contribution in [0.4, 0.5) is 0 Å². The van der Waals surface area contributed by atoms with E-state index in [2.05, 4.69) is 0 Å². The van der Waals surface area contributed by atoms with Gasteiger partial charge in [-0.15, -0.1) is 0 Å². The van der Waals surface area contributed by atoms with Crippen molar-refractivity contribution in [3.8, 4) is 11.5 Å². The highest BCUT2D eigenvalue weighted by atomic mass is 35.5. The largest absolute Gasteiger partial charge is 0.493 e. The van der Waals surface area contributed by atoms with Crippen molar-refractivity contribution in [1.82, 2.24) is 0 Å². The Balaban J connectivity index is 2.74. The molecule has 1 rings (SSSR count). The van der Waals surface area contributed by atoms with E-state index in [9.17, 15) is 9.90 Å². The van der Waals surface area contributed by atoms with Crippen molar-refractivity contribution in [1.29, 1.82) is 0 Å². The maximum Gasteiger partial charge on any atom is 0.179 e. The number of carbonyl (C=O) groups is 1. The third-order valence-corrected chi connectivity index (χ3v) is 2.60. The summed E-state index contributed by atoms with van der Waals surface area (Å²) in [4.78, 5) is 10.7. The second-order valence-corrected chi connectivity index (χ2v) is 4.18. The van der Waals surface area contributed by atoms with Crippen molar-refractivity contribution >= 4 is 17.9 Å². The molecule has 0 radical (unpaired) electrons. The van der Waals surface area contributed by atoms with Crippen LogP contribution in [0.2, 0.25) is 5.02 Å². The average molecular weight is 289 g/mol. The number of hydrogen-bond donors (Lipinski definition) is 1. The summed E-state index contributed by atoms with van der Waals surface area (Å²) in [6.07, 6.45) is -0.0891. The number of aliphatic hydroxyl groups is 1. The first-order chi connectivity index (χ1) is 9.12. The number of benzene rings is 1. The maximum atomic E-state index is 10.7. The van der Waals surface area contributed by atoms with E-state index in [4.69, 9.17) is 25.8 Å². The molecule has 0 heterocycles. The molecular weight excluding hydrogens is 272 g/mol. The van der Waals surface area contributed by atoms with Gasteiger partial charge in [0, 0.05) is 12.2 Å². The Morgan fingerprint density at radius 1 is 1.42 bits per heavy atom. The highest BCUT2D eigenvalue weighted by Crippen LogP contribution is 2.36. The van der Waals surface area contributed by atoms with Crippen LogP contribution in [0, 0.1) is 0 Å². The molecule has 0 aliphatic rings. The van der Waals surface area contributed by atoms with Crippen LogP contribution in [0.3, 0.4) is 0 Å². The Morgan fingerprint density at radius 3 is 2.74 bits per heavy atom. The van der Waals surface area contributed by atoms with Gasteiger partial charge in [0.25, 0.3) is 0 Å². The molecule has 19 heavy (non-hydrogen) atoms. The third-order valence-electron chi connectivity index (χ3n) is 2.32. The van der Waals surface area contributed by atoms with Gasteiger partial charge >= 0.3 is 0 Å². The van der Waals surface area contributed by atoms with E-state index in [1.165, 1.54) is 19.2 Å². The summed E-state index contributed by atoms with van der Waals surface area (Å²) in [7, 11) is 1.45. The van der Waals surface area contributed by atoms with Crippen LogP contribution >= 0.6 is 11.6 Å². The normalized spacial score (nSPS) is 12.0. The van der Waals surface area contributed by atoms with Gasteiger partial charge in [0.1, 0.15) is 19.0 Å². The van der Waals surface area contributed by atoms with E-state index in [-0.39, 0.29) is 18.2 Å². The quantitative estimate of drug-likeness (QED) is 0.741. The van der Waals surface area contributed by atoms with E-state index in [1.807, 2.05) is 6.92 Å². The van der Waals surface area contributed by atoms with Crippen LogP contribution < -0.4 is 9.47 Å². The van der Waals surface area contributed by atoms with Gasteiger partial charge < -0.3 is 19.3 Å². The number of ether oxygens (including phenoxy) is 3. The molecule has 1 N–H and O–H groups in total. The van der Waals surface area contributed by atoms with Gasteiger partial charge in [-0.2, -0.15) is 0 Å². The summed E-state index contributed by atoms with van der Waals surface area (Å²) in [6.45, 7) is 2.57. The Morgan fingerprint density at radius 2 is 2.16 bits per heavy atom. The number of carbonyl (C=O) groups excluding carboxylic acids is 1. The standard InChI is InChI=1S/C13H17ClO5/c1-3-18-7-10(16)8-19-13-11(14)4-9(6-15)5-12(13)17-2/h4-6,10,16H,3,7-8H2,1-2H3. The summed E-state index contributed by atoms with van der Waals surface area (Å²) < 4.78 is 15.6. The fraction of sp³-hybridized carbons (Fsp3) is 0.462. The van der Waals surface area contributed by atoms with E-state index in [0.717, 1.165) is 0 Å². The second kappa shape index (κ2) is 7.99. The molecule has 1 unspecified atom stereocenters. The molecule has 1 atom stereocenters. The molecule has 6 heteroatoms. The lowest BCUT2D eigenvalue weighted by Crippen LogP contribution is -2.23. The maximum absolute atomic E-state index is 10.7. The zero-order chi connectivity index (χ0) is 14.3. The molecule has 0 aliphatic heterocycles. The van der Waals surface area contributed by atoms with Gasteiger partial charge in [0.2, 0.25) is 0 Å². The van der Waals surface area contributed by atoms with Crippen molar-refractivity contribution in [3.05, 3.63) is 22.7 Å². The van der Waals surface area contributed by atoms with Gasteiger partial charge in [-0.05, 0) is 19.1 Å². The molecule has 0 amide bonds. The molecule has 0 spiro atoms. The van der Waals surface area contributed by atoms with E-state index in [0.29, 0.717) is 30.0 Å². The van der Waals surface area contributed by atoms with E-state index < -0.39 is 6.10 Å². The lowest BCUT2D eigenvalue weighted by Gasteiger charge is -2.15. The Bertz CT molecular complexity index is 422. The van der Waals surface area contributed by atoms with Crippen molar-refractivity contribution in [2.45, 2.75) is 13.0 Å². The molecule has 5 nitrogen and oxygen atoms in total. The summed E-state index contributed by atoms with van der Waals surface area (Å²) >= 11 is 6.00. The topological polar surface area (TPSA) is 65.0 Å². The summed E-state index contributed by atoms with van der Waals surface area (Å²) in [6, 6.07) is 2.99. The van der Waals surface area contributed by atoms with Crippen LogP contribution in [-0.2, 0) is 4.74 Å². The molecule has 0 aliphatic carbocycles. The minimum Gasteiger partial charge on any atom is -0.493 e. The number of halogens is 1. The van der Waals surface area contributed by atoms with Crippen molar-refractivity contribution in [2.24, 2.45) is 0 Å². The number of rotatable bonds is 8. The number of aliphatic hydroxyl groups excluding tert-OH is 1. The first kappa shape index (κ1) is 15.8.